The van der Waals surface area contributed by atoms with Gasteiger partial charge in [0.1, 0.15) is 0 Å². The van der Waals surface area contributed by atoms with Crippen LogP contribution in [0.25, 0.3) is 0 Å². The van der Waals surface area contributed by atoms with E-state index in [4.69, 9.17) is 0 Å². The number of hydrogen-bond acceptors (Lipinski definition) is 2. The fourth-order valence-corrected chi connectivity index (χ4v) is 1.65. The van der Waals surface area contributed by atoms with Crippen LogP contribution in [0.4, 0.5) is 0 Å². The fraction of sp³-hybridized carbons (Fsp3) is 0.909. The average molecular weight is 198 g/mol. The molecule has 82 valence electrons. The molecular weight excluding hydrogens is 176 g/mol. The summed E-state index contributed by atoms with van der Waals surface area (Å²) in [6.07, 6.45) is 3.41. The van der Waals surface area contributed by atoms with Crippen LogP contribution in [0.2, 0.25) is 0 Å². The molecule has 1 unspecified atom stereocenters. The predicted octanol–water partition coefficient (Wildman–Crippen LogP) is 1.15. The van der Waals surface area contributed by atoms with E-state index in [2.05, 4.69) is 17.6 Å². The minimum absolute atomic E-state index is 0.152. The Morgan fingerprint density at radius 2 is 2.21 bits per heavy atom. The first-order chi connectivity index (χ1) is 6.74. The highest BCUT2D eigenvalue weighted by atomic mass is 16.1. The van der Waals surface area contributed by atoms with Crippen molar-refractivity contribution in [2.75, 3.05) is 19.6 Å². The Labute approximate surface area is 86.6 Å². The van der Waals surface area contributed by atoms with Crippen molar-refractivity contribution < 1.29 is 4.79 Å². The Balaban J connectivity index is 1.90. The number of rotatable bonds is 7. The summed E-state index contributed by atoms with van der Waals surface area (Å²) >= 11 is 0. The zero-order valence-electron chi connectivity index (χ0n) is 9.31. The van der Waals surface area contributed by atoms with Gasteiger partial charge in [-0.25, -0.2) is 0 Å². The first-order valence-corrected chi connectivity index (χ1v) is 5.71. The van der Waals surface area contributed by atoms with Gasteiger partial charge in [-0.05, 0) is 38.1 Å². The third-order valence-corrected chi connectivity index (χ3v) is 2.80. The first-order valence-electron chi connectivity index (χ1n) is 5.71. The van der Waals surface area contributed by atoms with E-state index in [-0.39, 0.29) is 5.91 Å². The van der Waals surface area contributed by atoms with Crippen LogP contribution in [0.15, 0.2) is 0 Å². The highest BCUT2D eigenvalue weighted by molar-refractivity contribution is 5.75. The molecule has 1 amide bonds. The molecule has 1 fully saturated rings. The van der Waals surface area contributed by atoms with Gasteiger partial charge in [0.05, 0.1) is 0 Å². The molecule has 0 aromatic heterocycles. The van der Waals surface area contributed by atoms with Gasteiger partial charge >= 0.3 is 0 Å². The molecule has 1 saturated carbocycles. The molecule has 1 aliphatic rings. The first kappa shape index (κ1) is 11.5. The lowest BCUT2D eigenvalue weighted by Crippen LogP contribution is -2.29. The second-order valence-corrected chi connectivity index (χ2v) is 4.22. The number of amides is 1. The standard InChI is InChI=1S/C11H22N2O/c1-3-13-11(14)6-7-12-8-9(2)10-4-5-10/h9-10,12H,3-8H2,1-2H3,(H,13,14). The molecular formula is C11H22N2O. The van der Waals surface area contributed by atoms with Crippen molar-refractivity contribution in [1.82, 2.24) is 10.6 Å². The van der Waals surface area contributed by atoms with E-state index in [0.29, 0.717) is 6.42 Å². The molecule has 3 heteroatoms. The highest BCUT2D eigenvalue weighted by Crippen LogP contribution is 2.35. The van der Waals surface area contributed by atoms with Gasteiger partial charge in [0.2, 0.25) is 5.91 Å². The maximum atomic E-state index is 11.1. The molecule has 1 aliphatic carbocycles. The predicted molar refractivity (Wildman–Crippen MR) is 58.1 cm³/mol. The van der Waals surface area contributed by atoms with Crippen LogP contribution >= 0.6 is 0 Å². The van der Waals surface area contributed by atoms with Crippen LogP contribution in [0.3, 0.4) is 0 Å². The average Bonchev–Trinajstić information content (AvgIpc) is 2.95. The number of nitrogens with one attached hydrogen (secondary N) is 2. The second kappa shape index (κ2) is 6.02. The van der Waals surface area contributed by atoms with Crippen molar-refractivity contribution in [2.45, 2.75) is 33.1 Å². The van der Waals surface area contributed by atoms with Gasteiger partial charge in [-0.3, -0.25) is 4.79 Å². The SMILES string of the molecule is CCNC(=O)CCNCC(C)C1CC1. The Hall–Kier alpha value is -0.570. The molecule has 0 radical (unpaired) electrons. The quantitative estimate of drug-likeness (QED) is 0.602. The van der Waals surface area contributed by atoms with E-state index in [1.807, 2.05) is 6.92 Å². The lowest BCUT2D eigenvalue weighted by atomic mass is 10.1. The van der Waals surface area contributed by atoms with Crippen molar-refractivity contribution in [3.63, 3.8) is 0 Å². The molecule has 0 bridgehead atoms. The maximum Gasteiger partial charge on any atom is 0.221 e. The van der Waals surface area contributed by atoms with Crippen molar-refractivity contribution >= 4 is 5.91 Å². The largest absolute Gasteiger partial charge is 0.356 e. The molecule has 0 aliphatic heterocycles. The summed E-state index contributed by atoms with van der Waals surface area (Å²) in [4.78, 5) is 11.1. The Kier molecular flexibility index (Phi) is 4.94. The fourth-order valence-electron chi connectivity index (χ4n) is 1.65. The Bertz CT molecular complexity index is 178. The molecule has 0 heterocycles. The van der Waals surface area contributed by atoms with E-state index < -0.39 is 0 Å². The van der Waals surface area contributed by atoms with Crippen LogP contribution in [0.1, 0.15) is 33.1 Å². The van der Waals surface area contributed by atoms with Gasteiger partial charge in [0.15, 0.2) is 0 Å². The molecule has 2 N–H and O–H groups in total. The van der Waals surface area contributed by atoms with Crippen LogP contribution in [0.5, 0.6) is 0 Å². The second-order valence-electron chi connectivity index (χ2n) is 4.22. The molecule has 0 aromatic carbocycles. The Morgan fingerprint density at radius 1 is 1.50 bits per heavy atom. The lowest BCUT2D eigenvalue weighted by Gasteiger charge is -2.10. The maximum absolute atomic E-state index is 11.1. The minimum Gasteiger partial charge on any atom is -0.356 e. The number of carbonyl (C=O) groups excluding carboxylic acids is 1. The molecule has 0 aromatic rings. The third kappa shape index (κ3) is 4.61. The summed E-state index contributed by atoms with van der Waals surface area (Å²) in [6, 6.07) is 0. The van der Waals surface area contributed by atoms with E-state index >= 15 is 0 Å². The van der Waals surface area contributed by atoms with Crippen LogP contribution in [-0.4, -0.2) is 25.5 Å². The van der Waals surface area contributed by atoms with Gasteiger partial charge in [-0.15, -0.1) is 0 Å². The lowest BCUT2D eigenvalue weighted by molar-refractivity contribution is -0.120. The van der Waals surface area contributed by atoms with Crippen LogP contribution < -0.4 is 10.6 Å². The van der Waals surface area contributed by atoms with E-state index in [1.165, 1.54) is 12.8 Å². The molecule has 0 saturated heterocycles. The molecule has 3 nitrogen and oxygen atoms in total. The Morgan fingerprint density at radius 3 is 2.79 bits per heavy atom. The minimum atomic E-state index is 0.152. The van der Waals surface area contributed by atoms with E-state index in [0.717, 1.165) is 31.5 Å². The molecule has 0 spiro atoms. The molecule has 1 rings (SSSR count). The summed E-state index contributed by atoms with van der Waals surface area (Å²) in [7, 11) is 0. The summed E-state index contributed by atoms with van der Waals surface area (Å²) < 4.78 is 0. The van der Waals surface area contributed by atoms with Gasteiger partial charge in [0, 0.05) is 19.5 Å². The van der Waals surface area contributed by atoms with Gasteiger partial charge in [-0.1, -0.05) is 6.92 Å². The van der Waals surface area contributed by atoms with Gasteiger partial charge in [0.25, 0.3) is 0 Å². The van der Waals surface area contributed by atoms with E-state index in [9.17, 15) is 4.79 Å². The monoisotopic (exact) mass is 198 g/mol. The highest BCUT2D eigenvalue weighted by Gasteiger charge is 2.27. The smallest absolute Gasteiger partial charge is 0.221 e. The topological polar surface area (TPSA) is 41.1 Å². The number of hydrogen-bond donors (Lipinski definition) is 2. The summed E-state index contributed by atoms with van der Waals surface area (Å²) in [6.45, 7) is 6.83. The van der Waals surface area contributed by atoms with Crippen molar-refractivity contribution in [3.8, 4) is 0 Å². The van der Waals surface area contributed by atoms with Crippen molar-refractivity contribution in [1.29, 1.82) is 0 Å². The van der Waals surface area contributed by atoms with Crippen LogP contribution in [-0.2, 0) is 4.79 Å². The third-order valence-electron chi connectivity index (χ3n) is 2.80. The normalized spacial score (nSPS) is 17.9. The molecule has 14 heavy (non-hydrogen) atoms. The van der Waals surface area contributed by atoms with Crippen LogP contribution in [0, 0.1) is 11.8 Å². The van der Waals surface area contributed by atoms with E-state index in [1.54, 1.807) is 0 Å². The summed E-state index contributed by atoms with van der Waals surface area (Å²) in [5.41, 5.74) is 0. The number of carbonyl (C=O) groups is 1. The molecule has 1 atom stereocenters. The zero-order chi connectivity index (χ0) is 10.4. The van der Waals surface area contributed by atoms with Gasteiger partial charge < -0.3 is 10.6 Å². The summed E-state index contributed by atoms with van der Waals surface area (Å²) in [5.74, 6) is 1.88. The van der Waals surface area contributed by atoms with Gasteiger partial charge in [-0.2, -0.15) is 0 Å². The van der Waals surface area contributed by atoms with Crippen molar-refractivity contribution in [3.05, 3.63) is 0 Å². The summed E-state index contributed by atoms with van der Waals surface area (Å²) in [5, 5.41) is 6.12. The van der Waals surface area contributed by atoms with Crippen molar-refractivity contribution in [2.24, 2.45) is 11.8 Å². The zero-order valence-corrected chi connectivity index (χ0v) is 9.31.